The Bertz CT molecular complexity index is 745. The normalized spacial score (nSPS) is 11.4. The summed E-state index contributed by atoms with van der Waals surface area (Å²) in [5, 5.41) is 3.01. The predicted octanol–water partition coefficient (Wildman–Crippen LogP) is 3.28. The molecule has 0 radical (unpaired) electrons. The largest absolute Gasteiger partial charge is 0.316 e. The number of hydrogen-bond acceptors (Lipinski definition) is 3. The summed E-state index contributed by atoms with van der Waals surface area (Å²) >= 11 is 3.31. The summed E-state index contributed by atoms with van der Waals surface area (Å²) in [7, 11) is -1.81. The van der Waals surface area contributed by atoms with Crippen molar-refractivity contribution >= 4 is 31.6 Å². The van der Waals surface area contributed by atoms with E-state index in [-0.39, 0.29) is 4.90 Å². The molecular formula is C15H17BrN2O2S. The van der Waals surface area contributed by atoms with Gasteiger partial charge in [-0.3, -0.25) is 4.72 Å². The molecule has 0 fully saturated rings. The molecule has 2 aromatic rings. The Kier molecular flexibility index (Phi) is 5.03. The predicted molar refractivity (Wildman–Crippen MR) is 88.9 cm³/mol. The van der Waals surface area contributed by atoms with Crippen molar-refractivity contribution in [3.8, 4) is 0 Å². The van der Waals surface area contributed by atoms with Crippen LogP contribution in [0, 0.1) is 6.92 Å². The van der Waals surface area contributed by atoms with Crippen molar-refractivity contribution in [2.24, 2.45) is 0 Å². The number of anilines is 1. The number of aryl methyl sites for hydroxylation is 1. The average molecular weight is 369 g/mol. The number of benzene rings is 2. The van der Waals surface area contributed by atoms with Gasteiger partial charge >= 0.3 is 0 Å². The van der Waals surface area contributed by atoms with Crippen LogP contribution in [0.2, 0.25) is 0 Å². The van der Waals surface area contributed by atoms with Crippen molar-refractivity contribution in [1.29, 1.82) is 0 Å². The van der Waals surface area contributed by atoms with Gasteiger partial charge in [0.25, 0.3) is 10.0 Å². The van der Waals surface area contributed by atoms with E-state index in [1.54, 1.807) is 24.3 Å². The number of sulfonamides is 1. The monoisotopic (exact) mass is 368 g/mol. The van der Waals surface area contributed by atoms with Gasteiger partial charge in [-0.1, -0.05) is 24.3 Å². The summed E-state index contributed by atoms with van der Waals surface area (Å²) in [6.07, 6.45) is 0. The maximum absolute atomic E-state index is 12.6. The maximum atomic E-state index is 12.6. The Hall–Kier alpha value is -1.37. The lowest BCUT2D eigenvalue weighted by atomic mass is 10.2. The van der Waals surface area contributed by atoms with Crippen molar-refractivity contribution in [3.63, 3.8) is 0 Å². The van der Waals surface area contributed by atoms with Crippen LogP contribution in [0.25, 0.3) is 0 Å². The van der Waals surface area contributed by atoms with E-state index in [0.717, 1.165) is 11.1 Å². The standard InChI is InChI=1S/C15H17BrN2O2S/c1-11-5-3-4-6-14(11)18-21(19,20)15-9-12(10-17-2)7-8-13(15)16/h3-9,17-18H,10H2,1-2H3. The van der Waals surface area contributed by atoms with Crippen molar-refractivity contribution in [3.05, 3.63) is 58.1 Å². The van der Waals surface area contributed by atoms with Crippen LogP contribution in [0.3, 0.4) is 0 Å². The van der Waals surface area contributed by atoms with Crippen LogP contribution in [-0.2, 0) is 16.6 Å². The Labute approximate surface area is 133 Å². The second-order valence-electron chi connectivity index (χ2n) is 4.72. The first-order chi connectivity index (χ1) is 9.94. The quantitative estimate of drug-likeness (QED) is 0.851. The third kappa shape index (κ3) is 3.84. The highest BCUT2D eigenvalue weighted by Gasteiger charge is 2.19. The minimum Gasteiger partial charge on any atom is -0.316 e. The summed E-state index contributed by atoms with van der Waals surface area (Å²) < 4.78 is 28.3. The van der Waals surface area contributed by atoms with Crippen LogP contribution in [0.5, 0.6) is 0 Å². The van der Waals surface area contributed by atoms with Gasteiger partial charge in [0.1, 0.15) is 4.90 Å². The second-order valence-corrected chi connectivity index (χ2v) is 7.22. The molecule has 6 heteroatoms. The van der Waals surface area contributed by atoms with Crippen LogP contribution in [0.4, 0.5) is 5.69 Å². The minimum atomic E-state index is -3.63. The van der Waals surface area contributed by atoms with Crippen molar-refractivity contribution in [2.45, 2.75) is 18.4 Å². The summed E-state index contributed by atoms with van der Waals surface area (Å²) in [5.74, 6) is 0. The second kappa shape index (κ2) is 6.60. The molecule has 21 heavy (non-hydrogen) atoms. The van der Waals surface area contributed by atoms with Gasteiger partial charge in [-0.05, 0) is 59.2 Å². The molecule has 0 aliphatic rings. The van der Waals surface area contributed by atoms with Crippen molar-refractivity contribution in [1.82, 2.24) is 5.32 Å². The molecule has 0 aromatic heterocycles. The van der Waals surface area contributed by atoms with Crippen LogP contribution in [-0.4, -0.2) is 15.5 Å². The molecule has 2 rings (SSSR count). The van der Waals surface area contributed by atoms with Gasteiger partial charge in [0.05, 0.1) is 5.69 Å². The van der Waals surface area contributed by atoms with E-state index in [0.29, 0.717) is 16.7 Å². The Morgan fingerprint density at radius 3 is 2.52 bits per heavy atom. The lowest BCUT2D eigenvalue weighted by Crippen LogP contribution is -2.15. The SMILES string of the molecule is CNCc1ccc(Br)c(S(=O)(=O)Nc2ccccc2C)c1. The summed E-state index contributed by atoms with van der Waals surface area (Å²) in [4.78, 5) is 0.235. The molecule has 0 saturated heterocycles. The van der Waals surface area contributed by atoms with Gasteiger partial charge < -0.3 is 5.32 Å². The van der Waals surface area contributed by atoms with E-state index in [1.807, 2.05) is 32.2 Å². The van der Waals surface area contributed by atoms with Crippen LogP contribution in [0.15, 0.2) is 51.8 Å². The first-order valence-corrected chi connectivity index (χ1v) is 8.73. The molecule has 0 unspecified atom stereocenters. The molecule has 0 aliphatic carbocycles. The molecule has 0 heterocycles. The number of nitrogens with one attached hydrogen (secondary N) is 2. The van der Waals surface area contributed by atoms with Gasteiger partial charge in [-0.2, -0.15) is 0 Å². The van der Waals surface area contributed by atoms with Gasteiger partial charge in [0.2, 0.25) is 0 Å². The molecule has 2 N–H and O–H groups in total. The van der Waals surface area contributed by atoms with Crippen LogP contribution >= 0.6 is 15.9 Å². The highest BCUT2D eigenvalue weighted by Crippen LogP contribution is 2.26. The van der Waals surface area contributed by atoms with Crippen LogP contribution < -0.4 is 10.0 Å². The lowest BCUT2D eigenvalue weighted by Gasteiger charge is -2.12. The number of rotatable bonds is 5. The Morgan fingerprint density at radius 1 is 1.14 bits per heavy atom. The molecule has 0 spiro atoms. The zero-order valence-corrected chi connectivity index (χ0v) is 14.3. The fraction of sp³-hybridized carbons (Fsp3) is 0.200. The number of hydrogen-bond donors (Lipinski definition) is 2. The van der Waals surface area contributed by atoms with Gasteiger partial charge in [0, 0.05) is 11.0 Å². The van der Waals surface area contributed by atoms with E-state index < -0.39 is 10.0 Å². The third-order valence-corrected chi connectivity index (χ3v) is 5.41. The molecule has 2 aromatic carbocycles. The minimum absolute atomic E-state index is 0.235. The fourth-order valence-corrected chi connectivity index (χ4v) is 4.10. The Morgan fingerprint density at radius 2 is 1.86 bits per heavy atom. The van der Waals surface area contributed by atoms with E-state index >= 15 is 0 Å². The Balaban J connectivity index is 2.40. The van der Waals surface area contributed by atoms with Crippen molar-refractivity contribution < 1.29 is 8.42 Å². The smallest absolute Gasteiger partial charge is 0.263 e. The topological polar surface area (TPSA) is 58.2 Å². The molecule has 0 saturated carbocycles. The summed E-state index contributed by atoms with van der Waals surface area (Å²) in [6.45, 7) is 2.48. The van der Waals surface area contributed by atoms with Crippen molar-refractivity contribution in [2.75, 3.05) is 11.8 Å². The number of para-hydroxylation sites is 1. The highest BCUT2D eigenvalue weighted by atomic mass is 79.9. The van der Waals surface area contributed by atoms with E-state index in [9.17, 15) is 8.42 Å². The zero-order valence-electron chi connectivity index (χ0n) is 11.9. The first kappa shape index (κ1) is 16.0. The number of halogens is 1. The van der Waals surface area contributed by atoms with Gasteiger partial charge in [0.15, 0.2) is 0 Å². The maximum Gasteiger partial charge on any atom is 0.263 e. The summed E-state index contributed by atoms with van der Waals surface area (Å²) in [5.41, 5.74) is 2.37. The van der Waals surface area contributed by atoms with Gasteiger partial charge in [-0.15, -0.1) is 0 Å². The summed E-state index contributed by atoms with van der Waals surface area (Å²) in [6, 6.07) is 12.6. The van der Waals surface area contributed by atoms with E-state index in [1.165, 1.54) is 0 Å². The highest BCUT2D eigenvalue weighted by molar-refractivity contribution is 9.10. The molecule has 0 amide bonds. The van der Waals surface area contributed by atoms with Gasteiger partial charge in [-0.25, -0.2) is 8.42 Å². The van der Waals surface area contributed by atoms with E-state index in [2.05, 4.69) is 26.0 Å². The molecule has 112 valence electrons. The van der Waals surface area contributed by atoms with E-state index in [4.69, 9.17) is 0 Å². The molecule has 4 nitrogen and oxygen atoms in total. The molecule has 0 bridgehead atoms. The average Bonchev–Trinajstić information content (AvgIpc) is 2.43. The zero-order chi connectivity index (χ0) is 15.5. The lowest BCUT2D eigenvalue weighted by molar-refractivity contribution is 0.600. The molecular weight excluding hydrogens is 352 g/mol. The molecule has 0 aliphatic heterocycles. The third-order valence-electron chi connectivity index (χ3n) is 3.06. The van der Waals surface area contributed by atoms with Crippen LogP contribution in [0.1, 0.15) is 11.1 Å². The molecule has 0 atom stereocenters. The fourth-order valence-electron chi connectivity index (χ4n) is 1.95. The first-order valence-electron chi connectivity index (χ1n) is 6.45.